The maximum absolute atomic E-state index is 9.97. The van der Waals surface area contributed by atoms with E-state index in [1.54, 1.807) is 0 Å². The summed E-state index contributed by atoms with van der Waals surface area (Å²) in [6, 6.07) is 0. The van der Waals surface area contributed by atoms with Crippen LogP contribution in [0.15, 0.2) is 6.33 Å². The number of nitrogens with zero attached hydrogens (tertiary/aromatic N) is 3. The summed E-state index contributed by atoms with van der Waals surface area (Å²) in [7, 11) is 0. The Labute approximate surface area is 107 Å². The average Bonchev–Trinajstić information content (AvgIpc) is 2.61. The molecule has 1 aliphatic rings. The lowest BCUT2D eigenvalue weighted by atomic mass is 10.1. The second kappa shape index (κ2) is 4.61. The summed E-state index contributed by atoms with van der Waals surface area (Å²) >= 11 is 0. The summed E-state index contributed by atoms with van der Waals surface area (Å²) in [5.41, 5.74) is 5.78. The SMILES string of the molecule is CC(C)Oc1ncnc(N2CCC(C)(O)C2)c1N. The fourth-order valence-electron chi connectivity index (χ4n) is 2.07. The summed E-state index contributed by atoms with van der Waals surface area (Å²) in [4.78, 5) is 10.2. The fraction of sp³-hybridized carbons (Fsp3) is 0.667. The first-order valence-electron chi connectivity index (χ1n) is 6.13. The molecular weight excluding hydrogens is 232 g/mol. The summed E-state index contributed by atoms with van der Waals surface area (Å²) in [5.74, 6) is 1.04. The van der Waals surface area contributed by atoms with Gasteiger partial charge in [-0.05, 0) is 27.2 Å². The number of aliphatic hydroxyl groups is 1. The van der Waals surface area contributed by atoms with E-state index < -0.39 is 5.60 Å². The molecule has 1 fully saturated rings. The molecule has 0 saturated carbocycles. The van der Waals surface area contributed by atoms with Gasteiger partial charge in [0.15, 0.2) is 5.82 Å². The lowest BCUT2D eigenvalue weighted by molar-refractivity contribution is 0.0839. The highest BCUT2D eigenvalue weighted by Crippen LogP contribution is 2.32. The third-order valence-electron chi connectivity index (χ3n) is 2.92. The lowest BCUT2D eigenvalue weighted by Gasteiger charge is -2.22. The molecule has 1 unspecified atom stereocenters. The molecule has 0 radical (unpaired) electrons. The number of β-amino-alcohol motifs (C(OH)–C–C–N with tert-alkyl or cyclic N) is 1. The quantitative estimate of drug-likeness (QED) is 0.828. The standard InChI is InChI=1S/C12H20N4O2/c1-8(2)18-11-9(13)10(14-7-15-11)16-5-4-12(3,17)6-16/h7-8,17H,4-6,13H2,1-3H3. The highest BCUT2D eigenvalue weighted by molar-refractivity contribution is 5.68. The third-order valence-corrected chi connectivity index (χ3v) is 2.92. The maximum atomic E-state index is 9.97. The first kappa shape index (κ1) is 12.9. The smallest absolute Gasteiger partial charge is 0.242 e. The van der Waals surface area contributed by atoms with E-state index in [0.29, 0.717) is 30.4 Å². The van der Waals surface area contributed by atoms with Gasteiger partial charge in [-0.25, -0.2) is 4.98 Å². The highest BCUT2D eigenvalue weighted by atomic mass is 16.5. The third kappa shape index (κ3) is 2.64. The van der Waals surface area contributed by atoms with Gasteiger partial charge in [-0.3, -0.25) is 0 Å². The van der Waals surface area contributed by atoms with Crippen molar-refractivity contribution in [3.63, 3.8) is 0 Å². The number of anilines is 2. The molecule has 18 heavy (non-hydrogen) atoms. The minimum Gasteiger partial charge on any atom is -0.473 e. The Balaban J connectivity index is 2.24. The normalized spacial score (nSPS) is 23.7. The van der Waals surface area contributed by atoms with Crippen LogP contribution in [-0.2, 0) is 0 Å². The van der Waals surface area contributed by atoms with E-state index in [0.717, 1.165) is 6.54 Å². The molecule has 6 heteroatoms. The van der Waals surface area contributed by atoms with Crippen LogP contribution in [0, 0.1) is 0 Å². The number of nitrogen functional groups attached to an aromatic ring is 1. The van der Waals surface area contributed by atoms with Crippen molar-refractivity contribution in [3.05, 3.63) is 6.33 Å². The van der Waals surface area contributed by atoms with Gasteiger partial charge in [0.25, 0.3) is 0 Å². The number of ether oxygens (including phenoxy) is 1. The van der Waals surface area contributed by atoms with E-state index in [9.17, 15) is 5.11 Å². The van der Waals surface area contributed by atoms with Gasteiger partial charge >= 0.3 is 0 Å². The van der Waals surface area contributed by atoms with Crippen molar-refractivity contribution in [2.45, 2.75) is 38.9 Å². The Morgan fingerprint density at radius 3 is 2.78 bits per heavy atom. The van der Waals surface area contributed by atoms with Crippen LogP contribution in [0.4, 0.5) is 11.5 Å². The van der Waals surface area contributed by atoms with Crippen molar-refractivity contribution in [3.8, 4) is 5.88 Å². The van der Waals surface area contributed by atoms with Crippen molar-refractivity contribution in [1.82, 2.24) is 9.97 Å². The Hall–Kier alpha value is -1.56. The molecule has 0 spiro atoms. The lowest BCUT2D eigenvalue weighted by Crippen LogP contribution is -2.30. The van der Waals surface area contributed by atoms with Gasteiger partial charge in [0.05, 0.1) is 11.7 Å². The second-order valence-electron chi connectivity index (χ2n) is 5.25. The van der Waals surface area contributed by atoms with E-state index in [-0.39, 0.29) is 6.10 Å². The van der Waals surface area contributed by atoms with Gasteiger partial charge in [0.1, 0.15) is 12.0 Å². The molecule has 1 atom stereocenters. The van der Waals surface area contributed by atoms with Crippen molar-refractivity contribution in [2.75, 3.05) is 23.7 Å². The van der Waals surface area contributed by atoms with E-state index in [1.807, 2.05) is 25.7 Å². The van der Waals surface area contributed by atoms with Gasteiger partial charge in [0, 0.05) is 13.1 Å². The first-order valence-corrected chi connectivity index (χ1v) is 6.13. The summed E-state index contributed by atoms with van der Waals surface area (Å²) in [6.45, 7) is 6.91. The summed E-state index contributed by atoms with van der Waals surface area (Å²) in [6.07, 6.45) is 2.16. The molecule has 100 valence electrons. The van der Waals surface area contributed by atoms with E-state index in [1.165, 1.54) is 6.33 Å². The van der Waals surface area contributed by atoms with Gasteiger partial charge < -0.3 is 20.5 Å². The molecule has 2 rings (SSSR count). The first-order chi connectivity index (χ1) is 8.39. The molecule has 1 saturated heterocycles. The Morgan fingerprint density at radius 2 is 2.22 bits per heavy atom. The molecular formula is C12H20N4O2. The predicted octanol–water partition coefficient (Wildman–Crippen LogP) is 0.807. The number of hydrogen-bond donors (Lipinski definition) is 2. The molecule has 0 amide bonds. The zero-order chi connectivity index (χ0) is 13.3. The van der Waals surface area contributed by atoms with Crippen molar-refractivity contribution in [1.29, 1.82) is 0 Å². The van der Waals surface area contributed by atoms with Crippen molar-refractivity contribution >= 4 is 11.5 Å². The molecule has 3 N–H and O–H groups in total. The fourth-order valence-corrected chi connectivity index (χ4v) is 2.07. The minimum atomic E-state index is -0.684. The molecule has 1 aromatic heterocycles. The van der Waals surface area contributed by atoms with Crippen LogP contribution in [0.25, 0.3) is 0 Å². The Morgan fingerprint density at radius 1 is 1.50 bits per heavy atom. The van der Waals surface area contributed by atoms with E-state index in [4.69, 9.17) is 10.5 Å². The molecule has 6 nitrogen and oxygen atoms in total. The number of hydrogen-bond acceptors (Lipinski definition) is 6. The molecule has 0 bridgehead atoms. The van der Waals surface area contributed by atoms with Gasteiger partial charge in [-0.15, -0.1) is 0 Å². The largest absolute Gasteiger partial charge is 0.473 e. The highest BCUT2D eigenvalue weighted by Gasteiger charge is 2.33. The van der Waals surface area contributed by atoms with Crippen LogP contribution in [0.2, 0.25) is 0 Å². The summed E-state index contributed by atoms with van der Waals surface area (Å²) < 4.78 is 5.53. The maximum Gasteiger partial charge on any atom is 0.242 e. The average molecular weight is 252 g/mol. The number of rotatable bonds is 3. The zero-order valence-electron chi connectivity index (χ0n) is 11.1. The zero-order valence-corrected chi connectivity index (χ0v) is 11.1. The van der Waals surface area contributed by atoms with E-state index >= 15 is 0 Å². The van der Waals surface area contributed by atoms with Crippen molar-refractivity contribution in [2.24, 2.45) is 0 Å². The van der Waals surface area contributed by atoms with Crippen LogP contribution in [0.1, 0.15) is 27.2 Å². The van der Waals surface area contributed by atoms with E-state index in [2.05, 4.69) is 9.97 Å². The molecule has 0 aromatic carbocycles. The Kier molecular flexibility index (Phi) is 3.30. The molecule has 1 aromatic rings. The summed E-state index contributed by atoms with van der Waals surface area (Å²) in [5, 5.41) is 9.97. The molecule has 1 aliphatic heterocycles. The van der Waals surface area contributed by atoms with Gasteiger partial charge in [-0.2, -0.15) is 4.98 Å². The van der Waals surface area contributed by atoms with Crippen LogP contribution < -0.4 is 15.4 Å². The van der Waals surface area contributed by atoms with Crippen LogP contribution in [-0.4, -0.2) is 39.9 Å². The van der Waals surface area contributed by atoms with Gasteiger partial charge in [0.2, 0.25) is 5.88 Å². The molecule has 0 aliphatic carbocycles. The van der Waals surface area contributed by atoms with Crippen LogP contribution in [0.3, 0.4) is 0 Å². The van der Waals surface area contributed by atoms with Crippen LogP contribution >= 0.6 is 0 Å². The number of nitrogens with two attached hydrogens (primary N) is 1. The Bertz CT molecular complexity index is 434. The van der Waals surface area contributed by atoms with Crippen LogP contribution in [0.5, 0.6) is 5.88 Å². The minimum absolute atomic E-state index is 0.0109. The second-order valence-corrected chi connectivity index (χ2v) is 5.25. The van der Waals surface area contributed by atoms with Crippen molar-refractivity contribution < 1.29 is 9.84 Å². The predicted molar refractivity (Wildman–Crippen MR) is 69.7 cm³/mol. The van der Waals surface area contributed by atoms with Gasteiger partial charge in [-0.1, -0.05) is 0 Å². The monoisotopic (exact) mass is 252 g/mol. The number of aromatic nitrogens is 2. The molecule has 2 heterocycles. The topological polar surface area (TPSA) is 84.5 Å².